The van der Waals surface area contributed by atoms with Gasteiger partial charge >= 0.3 is 0 Å². The first kappa shape index (κ1) is 20.6. The Hall–Kier alpha value is -2.09. The second kappa shape index (κ2) is 9.91. The van der Waals surface area contributed by atoms with Crippen LogP contribution in [-0.4, -0.2) is 55.8 Å². The number of hydrogen-bond acceptors (Lipinski definition) is 6. The lowest BCUT2D eigenvalue weighted by atomic mass is 10.3. The van der Waals surface area contributed by atoms with Crippen molar-refractivity contribution in [3.05, 3.63) is 48.5 Å². The number of thiazole rings is 1. The molecule has 1 aromatic heterocycles. The summed E-state index contributed by atoms with van der Waals surface area (Å²) in [5.74, 6) is 1.68. The highest BCUT2D eigenvalue weighted by molar-refractivity contribution is 7.99. The van der Waals surface area contributed by atoms with Gasteiger partial charge in [0, 0.05) is 30.2 Å². The number of nitrogens with zero attached hydrogens (tertiary/aromatic N) is 3. The average molecular weight is 416 g/mol. The van der Waals surface area contributed by atoms with Crippen molar-refractivity contribution in [1.82, 2.24) is 9.88 Å². The number of para-hydroxylation sites is 1. The van der Waals surface area contributed by atoms with E-state index >= 15 is 0 Å². The van der Waals surface area contributed by atoms with Crippen LogP contribution in [-0.2, 0) is 4.79 Å². The third-order valence-corrected chi connectivity index (χ3v) is 6.30. The second-order valence-corrected chi connectivity index (χ2v) is 8.76. The summed E-state index contributed by atoms with van der Waals surface area (Å²) >= 11 is 3.25. The van der Waals surface area contributed by atoms with Gasteiger partial charge in [-0.1, -0.05) is 23.5 Å². The number of hydrogen-bond donors (Lipinski definition) is 0. The summed E-state index contributed by atoms with van der Waals surface area (Å²) in [6.45, 7) is 1.44. The molecule has 0 aliphatic carbocycles. The number of aromatic nitrogens is 1. The molecule has 1 amide bonds. The van der Waals surface area contributed by atoms with Gasteiger partial charge in [-0.25, -0.2) is 4.98 Å². The minimum Gasteiger partial charge on any atom is -0.497 e. The molecule has 2 aromatic carbocycles. The van der Waals surface area contributed by atoms with E-state index in [0.717, 1.165) is 38.3 Å². The molecule has 0 N–H and O–H groups in total. The Morgan fingerprint density at radius 2 is 1.86 bits per heavy atom. The van der Waals surface area contributed by atoms with Crippen LogP contribution >= 0.6 is 23.1 Å². The van der Waals surface area contributed by atoms with Crippen molar-refractivity contribution in [1.29, 1.82) is 0 Å². The largest absolute Gasteiger partial charge is 0.497 e. The van der Waals surface area contributed by atoms with E-state index in [1.165, 1.54) is 0 Å². The molecular formula is C21H25N3O2S2. The fourth-order valence-corrected chi connectivity index (χ4v) is 4.52. The fraction of sp³-hybridized carbons (Fsp3) is 0.333. The van der Waals surface area contributed by atoms with Crippen molar-refractivity contribution in [2.75, 3.05) is 44.9 Å². The zero-order valence-electron chi connectivity index (χ0n) is 16.4. The minimum absolute atomic E-state index is 0.113. The van der Waals surface area contributed by atoms with Crippen molar-refractivity contribution in [3.8, 4) is 5.75 Å². The predicted octanol–water partition coefficient (Wildman–Crippen LogP) is 4.38. The van der Waals surface area contributed by atoms with Gasteiger partial charge in [0.1, 0.15) is 5.75 Å². The molecule has 0 saturated carbocycles. The normalized spacial score (nSPS) is 11.1. The molecule has 0 unspecified atom stereocenters. The molecule has 5 nitrogen and oxygen atoms in total. The molecule has 1 heterocycles. The first-order valence-corrected chi connectivity index (χ1v) is 10.9. The molecule has 0 radical (unpaired) electrons. The van der Waals surface area contributed by atoms with E-state index in [-0.39, 0.29) is 5.91 Å². The molecule has 7 heteroatoms. The number of methoxy groups -OCH3 is 1. The summed E-state index contributed by atoms with van der Waals surface area (Å²) in [6.07, 6.45) is 0.472. The summed E-state index contributed by atoms with van der Waals surface area (Å²) in [5, 5.41) is 0.780. The molecule has 0 fully saturated rings. The number of fused-ring (bicyclic) bond motifs is 1. The number of thioether (sulfide) groups is 1. The smallest absolute Gasteiger partial charge is 0.229 e. The highest BCUT2D eigenvalue weighted by Crippen LogP contribution is 2.29. The molecule has 0 saturated heterocycles. The third kappa shape index (κ3) is 5.47. The summed E-state index contributed by atoms with van der Waals surface area (Å²) in [4.78, 5) is 22.7. The number of benzene rings is 2. The van der Waals surface area contributed by atoms with Crippen LogP contribution in [0.15, 0.2) is 53.4 Å². The maximum absolute atomic E-state index is 13.0. The van der Waals surface area contributed by atoms with Crippen LogP contribution in [0.25, 0.3) is 10.2 Å². The zero-order valence-corrected chi connectivity index (χ0v) is 18.1. The van der Waals surface area contributed by atoms with Gasteiger partial charge in [0.25, 0.3) is 0 Å². The third-order valence-electron chi connectivity index (χ3n) is 4.23. The van der Waals surface area contributed by atoms with Crippen molar-refractivity contribution in [2.24, 2.45) is 0 Å². The van der Waals surface area contributed by atoms with Crippen LogP contribution in [0.4, 0.5) is 5.13 Å². The Morgan fingerprint density at radius 1 is 1.11 bits per heavy atom. The van der Waals surface area contributed by atoms with Gasteiger partial charge in [-0.05, 0) is 50.5 Å². The lowest BCUT2D eigenvalue weighted by Crippen LogP contribution is -2.36. The highest BCUT2D eigenvalue weighted by Gasteiger charge is 2.19. The Bertz CT molecular complexity index is 876. The van der Waals surface area contributed by atoms with E-state index in [4.69, 9.17) is 4.74 Å². The predicted molar refractivity (Wildman–Crippen MR) is 119 cm³/mol. The maximum Gasteiger partial charge on any atom is 0.229 e. The van der Waals surface area contributed by atoms with E-state index in [9.17, 15) is 4.79 Å². The number of carbonyl (C=O) groups is 1. The second-order valence-electron chi connectivity index (χ2n) is 6.59. The molecular weight excluding hydrogens is 390 g/mol. The quantitative estimate of drug-likeness (QED) is 0.485. The van der Waals surface area contributed by atoms with Gasteiger partial charge in [-0.2, -0.15) is 0 Å². The van der Waals surface area contributed by atoms with Gasteiger partial charge in [0.2, 0.25) is 5.91 Å². The van der Waals surface area contributed by atoms with Crippen molar-refractivity contribution < 1.29 is 9.53 Å². The van der Waals surface area contributed by atoms with Gasteiger partial charge < -0.3 is 9.64 Å². The standard InChI is InChI=1S/C21H25N3O2S2/c1-23(2)13-14-24(21-22-18-6-4-5-7-19(18)28-21)20(25)12-15-27-17-10-8-16(26-3)9-11-17/h4-11H,12-15H2,1-3H3. The van der Waals surface area contributed by atoms with Crippen molar-refractivity contribution in [3.63, 3.8) is 0 Å². The minimum atomic E-state index is 0.113. The van der Waals surface area contributed by atoms with Gasteiger partial charge in [0.05, 0.1) is 17.3 Å². The average Bonchev–Trinajstić information content (AvgIpc) is 3.12. The summed E-state index contributed by atoms with van der Waals surface area (Å²) in [7, 11) is 5.69. The first-order valence-electron chi connectivity index (χ1n) is 9.14. The number of ether oxygens (including phenoxy) is 1. The van der Waals surface area contributed by atoms with Crippen LogP contribution in [0.2, 0.25) is 0 Å². The monoisotopic (exact) mass is 415 g/mol. The molecule has 3 rings (SSSR count). The van der Waals surface area contributed by atoms with Gasteiger partial charge in [0.15, 0.2) is 5.13 Å². The summed E-state index contributed by atoms with van der Waals surface area (Å²) in [6, 6.07) is 15.9. The van der Waals surface area contributed by atoms with Crippen LogP contribution < -0.4 is 9.64 Å². The Morgan fingerprint density at radius 3 is 2.54 bits per heavy atom. The number of likely N-dealkylation sites (N-methyl/N-ethyl adjacent to an activating group) is 1. The van der Waals surface area contributed by atoms with Crippen LogP contribution in [0.1, 0.15) is 6.42 Å². The lowest BCUT2D eigenvalue weighted by Gasteiger charge is -2.22. The summed E-state index contributed by atoms with van der Waals surface area (Å²) < 4.78 is 6.29. The van der Waals surface area contributed by atoms with E-state index in [1.807, 2.05) is 67.5 Å². The number of carbonyl (C=O) groups excluding carboxylic acids is 1. The first-order chi connectivity index (χ1) is 13.6. The zero-order chi connectivity index (χ0) is 19.9. The maximum atomic E-state index is 13.0. The molecule has 0 bridgehead atoms. The van der Waals surface area contributed by atoms with E-state index < -0.39 is 0 Å². The molecule has 0 spiro atoms. The lowest BCUT2D eigenvalue weighted by molar-refractivity contribution is -0.118. The van der Waals surface area contributed by atoms with E-state index in [1.54, 1.807) is 30.2 Å². The van der Waals surface area contributed by atoms with E-state index in [0.29, 0.717) is 13.0 Å². The SMILES string of the molecule is COc1ccc(SCCC(=O)N(CCN(C)C)c2nc3ccccc3s2)cc1. The molecule has 28 heavy (non-hydrogen) atoms. The van der Waals surface area contributed by atoms with E-state index in [2.05, 4.69) is 9.88 Å². The van der Waals surface area contributed by atoms with Gasteiger partial charge in [-0.15, -0.1) is 11.8 Å². The van der Waals surface area contributed by atoms with Crippen LogP contribution in [0.3, 0.4) is 0 Å². The highest BCUT2D eigenvalue weighted by atomic mass is 32.2. The Labute approximate surface area is 174 Å². The number of amides is 1. The Balaban J connectivity index is 1.65. The molecule has 0 atom stereocenters. The van der Waals surface area contributed by atoms with Crippen molar-refractivity contribution >= 4 is 44.4 Å². The fourth-order valence-electron chi connectivity index (χ4n) is 2.67. The van der Waals surface area contributed by atoms with Crippen LogP contribution in [0, 0.1) is 0 Å². The summed E-state index contributed by atoms with van der Waals surface area (Å²) in [5.41, 5.74) is 0.942. The van der Waals surface area contributed by atoms with Crippen molar-refractivity contribution in [2.45, 2.75) is 11.3 Å². The number of anilines is 1. The molecule has 0 aliphatic rings. The molecule has 3 aromatic rings. The topological polar surface area (TPSA) is 45.7 Å². The number of rotatable bonds is 9. The van der Waals surface area contributed by atoms with Crippen LogP contribution in [0.5, 0.6) is 5.75 Å². The molecule has 148 valence electrons. The van der Waals surface area contributed by atoms with Gasteiger partial charge in [-0.3, -0.25) is 9.69 Å². The Kier molecular flexibility index (Phi) is 7.30. The molecule has 0 aliphatic heterocycles.